The summed E-state index contributed by atoms with van der Waals surface area (Å²) in [5, 5.41) is 9.49. The first-order chi connectivity index (χ1) is 14.1. The van der Waals surface area contributed by atoms with E-state index in [9.17, 15) is 9.65 Å². The van der Waals surface area contributed by atoms with Gasteiger partial charge in [-0.2, -0.15) is 5.26 Å². The summed E-state index contributed by atoms with van der Waals surface area (Å²) < 4.78 is 26.3. The lowest BCUT2D eigenvalue weighted by atomic mass is 10.0. The number of allylic oxidation sites excluding steroid dienone is 1. The Morgan fingerprint density at radius 1 is 1.03 bits per heavy atom. The molecular weight excluding hydrogens is 480 g/mol. The Morgan fingerprint density at radius 3 is 2.52 bits per heavy atom. The predicted octanol–water partition coefficient (Wildman–Crippen LogP) is 6.47. The summed E-state index contributed by atoms with van der Waals surface area (Å²) in [7, 11) is 0. The Kier molecular flexibility index (Phi) is 7.25. The van der Waals surface area contributed by atoms with Crippen LogP contribution < -0.4 is 9.47 Å². The summed E-state index contributed by atoms with van der Waals surface area (Å²) in [6, 6.07) is 21.7. The van der Waals surface area contributed by atoms with Crippen molar-refractivity contribution in [1.29, 1.82) is 5.26 Å². The van der Waals surface area contributed by atoms with Gasteiger partial charge in [-0.3, -0.25) is 0 Å². The predicted molar refractivity (Wildman–Crippen MR) is 121 cm³/mol. The van der Waals surface area contributed by atoms with Crippen LogP contribution >= 0.6 is 22.6 Å². The highest BCUT2D eigenvalue weighted by Gasteiger charge is 2.08. The molecule has 0 saturated carbocycles. The van der Waals surface area contributed by atoms with E-state index in [1.165, 1.54) is 15.7 Å². The molecule has 3 rings (SSSR count). The van der Waals surface area contributed by atoms with Crippen molar-refractivity contribution in [3.8, 4) is 17.6 Å². The van der Waals surface area contributed by atoms with E-state index in [2.05, 4.69) is 28.7 Å². The first-order valence-electron chi connectivity index (χ1n) is 9.11. The van der Waals surface area contributed by atoms with Gasteiger partial charge in [-0.05, 0) is 88.7 Å². The molecule has 0 unspecified atom stereocenters. The molecule has 146 valence electrons. The lowest BCUT2D eigenvalue weighted by molar-refractivity contribution is 0.269. The molecule has 0 aliphatic heterocycles. The topological polar surface area (TPSA) is 42.2 Å². The van der Waals surface area contributed by atoms with Crippen molar-refractivity contribution in [3.63, 3.8) is 0 Å². The van der Waals surface area contributed by atoms with Crippen LogP contribution in [0.2, 0.25) is 0 Å². The minimum Gasteiger partial charge on any atom is -0.490 e. The normalized spacial score (nSPS) is 11.0. The highest BCUT2D eigenvalue weighted by Crippen LogP contribution is 2.31. The Hall–Kier alpha value is -2.85. The van der Waals surface area contributed by atoms with E-state index in [-0.39, 0.29) is 5.82 Å². The monoisotopic (exact) mass is 499 g/mol. The maximum atomic E-state index is 13.5. The summed E-state index contributed by atoms with van der Waals surface area (Å²) >= 11 is 2.26. The number of hydrogen-bond donors (Lipinski definition) is 0. The van der Waals surface area contributed by atoms with Crippen molar-refractivity contribution in [3.05, 3.63) is 92.8 Å². The van der Waals surface area contributed by atoms with Gasteiger partial charge in [0.2, 0.25) is 0 Å². The van der Waals surface area contributed by atoms with Crippen LogP contribution in [0.5, 0.6) is 11.5 Å². The van der Waals surface area contributed by atoms with Crippen LogP contribution in [0.4, 0.5) is 4.39 Å². The standard InChI is InChI=1S/C24H19FINO2/c1-2-28-24-13-18(12-20(15-27)19-4-3-5-21(25)14-19)8-11-23(24)29-16-17-6-9-22(26)10-7-17/h3-14H,2,16H2,1H3/b20-12-. The van der Waals surface area contributed by atoms with Crippen LogP contribution in [0, 0.1) is 20.7 Å². The summed E-state index contributed by atoms with van der Waals surface area (Å²) in [6.07, 6.45) is 1.71. The van der Waals surface area contributed by atoms with E-state index in [0.29, 0.717) is 35.8 Å². The lowest BCUT2D eigenvalue weighted by Crippen LogP contribution is -2.00. The third kappa shape index (κ3) is 5.81. The molecule has 0 spiro atoms. The fourth-order valence-electron chi connectivity index (χ4n) is 2.75. The Bertz CT molecular complexity index is 1060. The zero-order valence-electron chi connectivity index (χ0n) is 15.9. The second kappa shape index (κ2) is 10.1. The number of benzene rings is 3. The molecule has 3 aromatic carbocycles. The zero-order valence-corrected chi connectivity index (χ0v) is 18.0. The van der Waals surface area contributed by atoms with Crippen molar-refractivity contribution in [2.24, 2.45) is 0 Å². The number of halogens is 2. The molecular formula is C24H19FINO2. The van der Waals surface area contributed by atoms with E-state index in [1.54, 1.807) is 18.2 Å². The molecule has 0 aromatic heterocycles. The molecule has 0 fully saturated rings. The molecule has 5 heteroatoms. The van der Waals surface area contributed by atoms with Crippen LogP contribution in [0.1, 0.15) is 23.6 Å². The number of hydrogen-bond acceptors (Lipinski definition) is 3. The van der Waals surface area contributed by atoms with Gasteiger partial charge < -0.3 is 9.47 Å². The second-order valence-electron chi connectivity index (χ2n) is 6.23. The van der Waals surface area contributed by atoms with Crippen LogP contribution in [0.25, 0.3) is 11.6 Å². The minimum atomic E-state index is -0.377. The van der Waals surface area contributed by atoms with Gasteiger partial charge in [0.25, 0.3) is 0 Å². The van der Waals surface area contributed by atoms with Crippen molar-refractivity contribution in [1.82, 2.24) is 0 Å². The van der Waals surface area contributed by atoms with Gasteiger partial charge in [-0.25, -0.2) is 4.39 Å². The first-order valence-corrected chi connectivity index (χ1v) is 10.2. The molecule has 0 aliphatic carbocycles. The molecule has 3 aromatic rings. The van der Waals surface area contributed by atoms with Crippen molar-refractivity contribution in [2.45, 2.75) is 13.5 Å². The van der Waals surface area contributed by atoms with Crippen LogP contribution in [0.15, 0.2) is 66.7 Å². The van der Waals surface area contributed by atoms with Crippen LogP contribution in [-0.4, -0.2) is 6.61 Å². The highest BCUT2D eigenvalue weighted by molar-refractivity contribution is 14.1. The Labute approximate surface area is 183 Å². The maximum absolute atomic E-state index is 13.5. The van der Waals surface area contributed by atoms with E-state index >= 15 is 0 Å². The summed E-state index contributed by atoms with van der Waals surface area (Å²) in [5.41, 5.74) is 2.74. The molecule has 0 aliphatic rings. The largest absolute Gasteiger partial charge is 0.490 e. The molecule has 0 bridgehead atoms. The maximum Gasteiger partial charge on any atom is 0.161 e. The fourth-order valence-corrected chi connectivity index (χ4v) is 3.11. The number of nitriles is 1. The lowest BCUT2D eigenvalue weighted by Gasteiger charge is -2.13. The highest BCUT2D eigenvalue weighted by atomic mass is 127. The first kappa shape index (κ1) is 20.9. The quantitative estimate of drug-likeness (QED) is 0.213. The molecule has 0 atom stereocenters. The van der Waals surface area contributed by atoms with E-state index < -0.39 is 0 Å². The molecule has 3 nitrogen and oxygen atoms in total. The number of nitrogens with zero attached hydrogens (tertiary/aromatic N) is 1. The van der Waals surface area contributed by atoms with Gasteiger partial charge in [0, 0.05) is 3.57 Å². The molecule has 0 radical (unpaired) electrons. The van der Waals surface area contributed by atoms with Gasteiger partial charge in [0.05, 0.1) is 18.2 Å². The summed E-state index contributed by atoms with van der Waals surface area (Å²) in [6.45, 7) is 2.82. The Balaban J connectivity index is 1.84. The zero-order chi connectivity index (χ0) is 20.6. The third-order valence-corrected chi connectivity index (χ3v) is 4.86. The van der Waals surface area contributed by atoms with Gasteiger partial charge in [-0.1, -0.05) is 30.3 Å². The number of rotatable bonds is 7. The molecule has 0 N–H and O–H groups in total. The van der Waals surface area contributed by atoms with Crippen LogP contribution in [-0.2, 0) is 6.61 Å². The molecule has 0 heterocycles. The third-order valence-electron chi connectivity index (χ3n) is 4.14. The van der Waals surface area contributed by atoms with Gasteiger partial charge >= 0.3 is 0 Å². The van der Waals surface area contributed by atoms with Crippen molar-refractivity contribution < 1.29 is 13.9 Å². The fraction of sp³-hybridized carbons (Fsp3) is 0.125. The number of ether oxygens (including phenoxy) is 2. The average Bonchev–Trinajstić information content (AvgIpc) is 2.73. The van der Waals surface area contributed by atoms with Crippen molar-refractivity contribution in [2.75, 3.05) is 6.61 Å². The van der Waals surface area contributed by atoms with Gasteiger partial charge in [0.1, 0.15) is 12.4 Å². The molecule has 0 amide bonds. The van der Waals surface area contributed by atoms with E-state index in [1.807, 2.05) is 49.4 Å². The van der Waals surface area contributed by atoms with E-state index in [4.69, 9.17) is 9.47 Å². The van der Waals surface area contributed by atoms with Crippen molar-refractivity contribution >= 4 is 34.2 Å². The molecule has 29 heavy (non-hydrogen) atoms. The SMILES string of the molecule is CCOc1cc(/C=C(/C#N)c2cccc(F)c2)ccc1OCc1ccc(I)cc1. The minimum absolute atomic E-state index is 0.375. The smallest absolute Gasteiger partial charge is 0.161 e. The van der Waals surface area contributed by atoms with Crippen LogP contribution in [0.3, 0.4) is 0 Å². The summed E-state index contributed by atoms with van der Waals surface area (Å²) in [5.74, 6) is 0.855. The Morgan fingerprint density at radius 2 is 1.83 bits per heavy atom. The van der Waals surface area contributed by atoms with Gasteiger partial charge in [-0.15, -0.1) is 0 Å². The van der Waals surface area contributed by atoms with Gasteiger partial charge in [0.15, 0.2) is 11.5 Å². The molecule has 0 saturated heterocycles. The average molecular weight is 499 g/mol. The summed E-state index contributed by atoms with van der Waals surface area (Å²) in [4.78, 5) is 0. The van der Waals surface area contributed by atoms with E-state index in [0.717, 1.165) is 11.1 Å². The second-order valence-corrected chi connectivity index (χ2v) is 7.48.